The van der Waals surface area contributed by atoms with Gasteiger partial charge in [0.2, 0.25) is 0 Å². The van der Waals surface area contributed by atoms with Gasteiger partial charge in [-0.2, -0.15) is 0 Å². The van der Waals surface area contributed by atoms with E-state index in [1.54, 1.807) is 0 Å². The van der Waals surface area contributed by atoms with Gasteiger partial charge in [0.25, 0.3) is 0 Å². The van der Waals surface area contributed by atoms with Gasteiger partial charge in [0.05, 0.1) is 11.2 Å². The van der Waals surface area contributed by atoms with Crippen LogP contribution in [0.5, 0.6) is 0 Å². The molecular weight excluding hydrogens is 417 g/mol. The zero-order valence-corrected chi connectivity index (χ0v) is 23.3. The van der Waals surface area contributed by atoms with Crippen LogP contribution in [0.25, 0.3) is 0 Å². The quantitative estimate of drug-likeness (QED) is 0.484. The van der Waals surface area contributed by atoms with Gasteiger partial charge in [0.15, 0.2) is 0 Å². The predicted molar refractivity (Wildman–Crippen MR) is 146 cm³/mol. The summed E-state index contributed by atoms with van der Waals surface area (Å²) in [7, 11) is -0.410. The van der Waals surface area contributed by atoms with E-state index in [0.29, 0.717) is 0 Å². The molecule has 0 aromatic heterocycles. The van der Waals surface area contributed by atoms with Gasteiger partial charge in [-0.3, -0.25) is 0 Å². The summed E-state index contributed by atoms with van der Waals surface area (Å²) >= 11 is 0. The van der Waals surface area contributed by atoms with Crippen molar-refractivity contribution in [3.8, 4) is 0 Å². The van der Waals surface area contributed by atoms with Crippen LogP contribution in [-0.4, -0.2) is 18.3 Å². The molecule has 2 aromatic rings. The molecule has 0 saturated carbocycles. The third-order valence-corrected chi connectivity index (χ3v) is 8.56. The fourth-order valence-corrected chi connectivity index (χ4v) is 5.11. The highest BCUT2D eigenvalue weighted by atomic mass is 16.7. The third kappa shape index (κ3) is 4.44. The van der Waals surface area contributed by atoms with Crippen molar-refractivity contribution in [1.82, 2.24) is 0 Å². The van der Waals surface area contributed by atoms with Crippen molar-refractivity contribution in [2.75, 3.05) is 5.32 Å². The second-order valence-electron chi connectivity index (χ2n) is 13.8. The number of anilines is 2. The molecule has 0 bridgehead atoms. The molecule has 2 aromatic carbocycles. The maximum atomic E-state index is 6.54. The van der Waals surface area contributed by atoms with E-state index >= 15 is 0 Å². The molecule has 0 radical (unpaired) electrons. The molecule has 1 heterocycles. The minimum absolute atomic E-state index is 0.121. The van der Waals surface area contributed by atoms with E-state index in [4.69, 9.17) is 9.31 Å². The fourth-order valence-electron chi connectivity index (χ4n) is 5.11. The summed E-state index contributed by atoms with van der Waals surface area (Å²) in [6.45, 7) is 24.7. The van der Waals surface area contributed by atoms with E-state index in [2.05, 4.69) is 118 Å². The summed E-state index contributed by atoms with van der Waals surface area (Å²) < 4.78 is 13.1. The molecule has 0 spiro atoms. The lowest BCUT2D eigenvalue weighted by Crippen LogP contribution is -2.41. The molecule has 0 unspecified atom stereocenters. The van der Waals surface area contributed by atoms with Gasteiger partial charge in [-0.05, 0) is 91.7 Å². The number of benzene rings is 2. The molecule has 4 rings (SSSR count). The first kappa shape index (κ1) is 25.3. The Hall–Kier alpha value is -1.78. The van der Waals surface area contributed by atoms with Crippen LogP contribution in [-0.2, 0) is 25.6 Å². The van der Waals surface area contributed by atoms with Gasteiger partial charge in [-0.25, -0.2) is 0 Å². The Labute approximate surface area is 208 Å². The minimum atomic E-state index is -0.410. The molecule has 1 fully saturated rings. The first-order valence-electron chi connectivity index (χ1n) is 12.9. The lowest BCUT2D eigenvalue weighted by atomic mass is 9.61. The molecule has 1 N–H and O–H groups in total. The summed E-state index contributed by atoms with van der Waals surface area (Å²) in [5, 5.41) is 3.74. The maximum Gasteiger partial charge on any atom is 0.496 e. The Bertz CT molecular complexity index is 1060. The van der Waals surface area contributed by atoms with Crippen LogP contribution < -0.4 is 10.8 Å². The summed E-state index contributed by atoms with van der Waals surface area (Å²) in [5.41, 5.74) is 7.04. The van der Waals surface area contributed by atoms with E-state index in [0.717, 1.165) is 16.8 Å². The highest BCUT2D eigenvalue weighted by Gasteiger charge is 2.53. The Kier molecular flexibility index (Phi) is 5.86. The molecule has 1 saturated heterocycles. The zero-order valence-electron chi connectivity index (χ0n) is 23.3. The maximum absolute atomic E-state index is 6.54. The van der Waals surface area contributed by atoms with Crippen molar-refractivity contribution >= 4 is 24.0 Å². The summed E-state index contributed by atoms with van der Waals surface area (Å²) in [6, 6.07) is 13.6. The number of rotatable bonds is 3. The van der Waals surface area contributed by atoms with Crippen LogP contribution in [0, 0.1) is 0 Å². The normalized spacial score (nSPS) is 22.4. The molecule has 184 valence electrons. The summed E-state index contributed by atoms with van der Waals surface area (Å²) in [6.07, 6.45) is 2.36. The third-order valence-electron chi connectivity index (χ3n) is 8.56. The Morgan fingerprint density at radius 1 is 0.735 bits per heavy atom. The lowest BCUT2D eigenvalue weighted by molar-refractivity contribution is 0.00578. The lowest BCUT2D eigenvalue weighted by Gasteiger charge is -2.42. The number of hydrogen-bond donors (Lipinski definition) is 1. The fraction of sp³-hybridized carbons (Fsp3) is 0.600. The molecule has 1 aliphatic carbocycles. The molecule has 0 amide bonds. The van der Waals surface area contributed by atoms with Crippen LogP contribution >= 0.6 is 0 Å². The number of nitrogens with one attached hydrogen (secondary N) is 1. The van der Waals surface area contributed by atoms with Crippen LogP contribution in [0.1, 0.15) is 106 Å². The molecular formula is C30H44BNO2. The Balaban J connectivity index is 1.83. The van der Waals surface area contributed by atoms with Crippen molar-refractivity contribution < 1.29 is 9.31 Å². The van der Waals surface area contributed by atoms with Crippen LogP contribution in [0.3, 0.4) is 0 Å². The molecule has 4 heteroatoms. The Morgan fingerprint density at radius 3 is 1.68 bits per heavy atom. The molecule has 3 nitrogen and oxygen atoms in total. The monoisotopic (exact) mass is 461 g/mol. The first-order valence-corrected chi connectivity index (χ1v) is 12.9. The minimum Gasteiger partial charge on any atom is -0.399 e. The second kappa shape index (κ2) is 7.86. The number of fused-ring (bicyclic) bond motifs is 1. The van der Waals surface area contributed by atoms with E-state index in [9.17, 15) is 0 Å². The molecule has 1 aliphatic heterocycles. The van der Waals surface area contributed by atoms with E-state index < -0.39 is 7.12 Å². The van der Waals surface area contributed by atoms with Crippen molar-refractivity contribution in [3.05, 3.63) is 53.1 Å². The van der Waals surface area contributed by atoms with Gasteiger partial charge in [-0.1, -0.05) is 66.7 Å². The van der Waals surface area contributed by atoms with Gasteiger partial charge in [0.1, 0.15) is 0 Å². The van der Waals surface area contributed by atoms with Crippen molar-refractivity contribution in [2.24, 2.45) is 0 Å². The standard InChI is InChI=1S/C30H44BNO2/c1-26(2,3)20-12-14-21(15-13-20)32-25-19-23-22(27(4,5)16-17-28(23,6)7)18-24(25)31-33-29(8,9)30(10,11)34-31/h12-15,18-19,32H,16-17H2,1-11H3. The highest BCUT2D eigenvalue weighted by molar-refractivity contribution is 6.64. The Morgan fingerprint density at radius 2 is 1.21 bits per heavy atom. The SMILES string of the molecule is CC(C)(C)c1ccc(Nc2cc3c(cc2B2OC(C)(C)C(C)(C)O2)C(C)(C)CCC3(C)C)cc1. The smallest absolute Gasteiger partial charge is 0.399 e. The van der Waals surface area contributed by atoms with Gasteiger partial charge < -0.3 is 14.6 Å². The van der Waals surface area contributed by atoms with Gasteiger partial charge in [0, 0.05) is 16.8 Å². The average Bonchev–Trinajstić information content (AvgIpc) is 2.92. The summed E-state index contributed by atoms with van der Waals surface area (Å²) in [5.74, 6) is 0. The number of hydrogen-bond acceptors (Lipinski definition) is 3. The largest absolute Gasteiger partial charge is 0.496 e. The van der Waals surface area contributed by atoms with Crippen LogP contribution in [0.4, 0.5) is 11.4 Å². The first-order chi connectivity index (χ1) is 15.4. The molecule has 34 heavy (non-hydrogen) atoms. The van der Waals surface area contributed by atoms with E-state index in [1.165, 1.54) is 29.5 Å². The van der Waals surface area contributed by atoms with Crippen LogP contribution in [0.15, 0.2) is 36.4 Å². The van der Waals surface area contributed by atoms with E-state index in [-0.39, 0.29) is 27.4 Å². The topological polar surface area (TPSA) is 30.5 Å². The molecule has 2 aliphatic rings. The molecule has 0 atom stereocenters. The summed E-state index contributed by atoms with van der Waals surface area (Å²) in [4.78, 5) is 0. The van der Waals surface area contributed by atoms with E-state index in [1.807, 2.05) is 0 Å². The predicted octanol–water partition coefficient (Wildman–Crippen LogP) is 7.38. The van der Waals surface area contributed by atoms with Gasteiger partial charge in [-0.15, -0.1) is 0 Å². The van der Waals surface area contributed by atoms with Crippen molar-refractivity contribution in [1.29, 1.82) is 0 Å². The average molecular weight is 461 g/mol. The van der Waals surface area contributed by atoms with Gasteiger partial charge >= 0.3 is 7.12 Å². The highest BCUT2D eigenvalue weighted by Crippen LogP contribution is 2.47. The van der Waals surface area contributed by atoms with Crippen LogP contribution in [0.2, 0.25) is 0 Å². The van der Waals surface area contributed by atoms with Crippen molar-refractivity contribution in [2.45, 2.75) is 116 Å². The zero-order chi connectivity index (χ0) is 25.3. The van der Waals surface area contributed by atoms with Crippen molar-refractivity contribution in [3.63, 3.8) is 0 Å². The second-order valence-corrected chi connectivity index (χ2v) is 13.8.